The van der Waals surface area contributed by atoms with Crippen LogP contribution >= 0.6 is 0 Å². The van der Waals surface area contributed by atoms with Crippen molar-refractivity contribution < 1.29 is 35.0 Å². The van der Waals surface area contributed by atoms with Crippen LogP contribution in [0, 0.1) is 6.07 Å². The van der Waals surface area contributed by atoms with Gasteiger partial charge in [-0.15, -0.1) is 23.8 Å². The minimum Gasteiger partial charge on any atom is -0.507 e. The number of phenolic OH excluding ortho intramolecular Hbond substituents is 1. The maximum absolute atomic E-state index is 12.2. The number of furan rings is 2. The zero-order valence-corrected chi connectivity index (χ0v) is 39.6. The number of rotatable bonds is 9. The van der Waals surface area contributed by atoms with E-state index >= 15 is 0 Å². The maximum Gasteiger partial charge on any atom is 0.224 e. The van der Waals surface area contributed by atoms with Crippen LogP contribution in [0.15, 0.2) is 185 Å². The number of fused-ring (bicyclic) bond motifs is 1. The molecule has 0 unspecified atom stereocenters. The molecule has 12 rings (SSSR count). The third-order valence-corrected chi connectivity index (χ3v) is 13.0. The number of hydrogen-bond donors (Lipinski definition) is 1. The molecular formula is C60H44N3O3Pt-. The van der Waals surface area contributed by atoms with Gasteiger partial charge in [-0.25, -0.2) is 4.98 Å². The number of aromatic nitrogens is 3. The van der Waals surface area contributed by atoms with Gasteiger partial charge in [0.15, 0.2) is 0 Å². The van der Waals surface area contributed by atoms with Crippen molar-refractivity contribution in [2.45, 2.75) is 39.5 Å². The van der Waals surface area contributed by atoms with E-state index in [9.17, 15) is 5.11 Å². The number of imidazole rings is 1. The summed E-state index contributed by atoms with van der Waals surface area (Å²) in [6.07, 6.45) is 0. The van der Waals surface area contributed by atoms with Gasteiger partial charge in [-0.1, -0.05) is 160 Å². The smallest absolute Gasteiger partial charge is 0.224 e. The fraction of sp³-hybridized carbons (Fsp3) is 0.100. The molecule has 0 aliphatic rings. The summed E-state index contributed by atoms with van der Waals surface area (Å²) >= 11 is 0. The van der Waals surface area contributed by atoms with Crippen molar-refractivity contribution in [2.75, 3.05) is 0 Å². The number of nitrogens with zero attached hydrogens (tertiary/aromatic N) is 3. The molecular weight excluding hydrogens is 1010 g/mol. The second kappa shape index (κ2) is 16.7. The molecule has 0 atom stereocenters. The molecule has 4 heterocycles. The standard InChI is InChI=1S/C60H44N3O3.Pt/c1-35(2)43-22-13-23-44(36(3)4)55(43)38-28-29-48(51(64)33-38)59-62-58-47(24-14-25-50(58)63(59)42-18-9-6-10-19-42)40-30-39(46-21-12-11-20-45(46)37-16-7-5-8-17-37)31-41(32-40)49-34-54-57-56-52(65-54)26-15-27-53(56)66-60(57)61-49;/h5-31,33-36,64H,1-4H3;/q-1;. The number of aromatic hydroxyl groups is 1. The third-order valence-electron chi connectivity index (χ3n) is 13.0. The zero-order chi connectivity index (χ0) is 44.6. The van der Waals surface area contributed by atoms with E-state index in [-0.39, 0.29) is 26.8 Å². The Morgan fingerprint density at radius 2 is 1.13 bits per heavy atom. The first-order valence-electron chi connectivity index (χ1n) is 22.6. The number of phenols is 1. The van der Waals surface area contributed by atoms with Crippen molar-refractivity contribution in [3.05, 3.63) is 193 Å². The molecule has 4 aromatic heterocycles. The topological polar surface area (TPSA) is 77.2 Å². The summed E-state index contributed by atoms with van der Waals surface area (Å²) < 4.78 is 14.9. The molecule has 0 amide bonds. The van der Waals surface area contributed by atoms with Crippen LogP contribution in [0.25, 0.3) is 117 Å². The van der Waals surface area contributed by atoms with Gasteiger partial charge in [0.2, 0.25) is 5.71 Å². The molecule has 0 bridgehead atoms. The first-order valence-corrected chi connectivity index (χ1v) is 22.6. The van der Waals surface area contributed by atoms with Crippen molar-refractivity contribution >= 4 is 44.3 Å². The summed E-state index contributed by atoms with van der Waals surface area (Å²) in [6.45, 7) is 8.90. The van der Waals surface area contributed by atoms with Crippen molar-refractivity contribution in [3.63, 3.8) is 0 Å². The van der Waals surface area contributed by atoms with Crippen LogP contribution in [0.1, 0.15) is 50.7 Å². The van der Waals surface area contributed by atoms with Crippen LogP contribution in [-0.2, 0) is 21.1 Å². The van der Waals surface area contributed by atoms with Crippen molar-refractivity contribution in [2.24, 2.45) is 0 Å². The molecule has 67 heavy (non-hydrogen) atoms. The molecule has 0 saturated heterocycles. The number of hydrogen-bond acceptors (Lipinski definition) is 5. The second-order valence-corrected chi connectivity index (χ2v) is 17.8. The summed E-state index contributed by atoms with van der Waals surface area (Å²) in [5.74, 6) is 1.42. The zero-order valence-electron chi connectivity index (χ0n) is 37.3. The predicted molar refractivity (Wildman–Crippen MR) is 268 cm³/mol. The van der Waals surface area contributed by atoms with Gasteiger partial charge in [0.05, 0.1) is 27.4 Å². The fourth-order valence-electron chi connectivity index (χ4n) is 9.88. The van der Waals surface area contributed by atoms with Crippen LogP contribution in [-0.4, -0.2) is 19.6 Å². The third kappa shape index (κ3) is 7.06. The molecule has 0 aliphatic carbocycles. The van der Waals surface area contributed by atoms with E-state index in [1.54, 1.807) is 0 Å². The van der Waals surface area contributed by atoms with E-state index in [1.807, 2.05) is 60.7 Å². The molecule has 12 aromatic rings. The summed E-state index contributed by atoms with van der Waals surface area (Å²) in [5, 5.41) is 14.0. The van der Waals surface area contributed by atoms with Gasteiger partial charge in [0.25, 0.3) is 0 Å². The summed E-state index contributed by atoms with van der Waals surface area (Å²) in [4.78, 5) is 10.6. The Bertz CT molecular complexity index is 3700. The largest absolute Gasteiger partial charge is 0.507 e. The minimum absolute atomic E-state index is 0. The molecule has 0 aliphatic heterocycles. The van der Waals surface area contributed by atoms with Gasteiger partial charge in [-0.2, -0.15) is 0 Å². The molecule has 7 heteroatoms. The normalized spacial score (nSPS) is 11.8. The SMILES string of the molecule is CC(C)c1cccc(C(C)C)c1-c1ccc(-c2nc3c(-c4[c-]c(-c5cc6oc7cccc8oc(n5)c6c78)cc(-c5ccccc5-c5ccccc5)c4)cccc3n2-c2ccccc2)c(O)c1.[Pt]. The molecule has 8 aromatic carbocycles. The summed E-state index contributed by atoms with van der Waals surface area (Å²) in [7, 11) is 0. The predicted octanol–water partition coefficient (Wildman–Crippen LogP) is 16.3. The first-order chi connectivity index (χ1) is 32.3. The van der Waals surface area contributed by atoms with E-state index in [1.165, 1.54) is 16.7 Å². The Balaban J connectivity index is 0.00000494. The van der Waals surface area contributed by atoms with Gasteiger partial charge >= 0.3 is 0 Å². The monoisotopic (exact) mass is 1050 g/mol. The number of para-hydroxylation sites is 2. The van der Waals surface area contributed by atoms with E-state index < -0.39 is 0 Å². The van der Waals surface area contributed by atoms with Crippen LogP contribution < -0.4 is 0 Å². The van der Waals surface area contributed by atoms with Gasteiger partial charge in [0, 0.05) is 32.4 Å². The molecule has 6 nitrogen and oxygen atoms in total. The number of pyridine rings is 1. The summed E-state index contributed by atoms with van der Waals surface area (Å²) in [6, 6.07) is 64.1. The van der Waals surface area contributed by atoms with Crippen LogP contribution in [0.4, 0.5) is 0 Å². The molecule has 0 spiro atoms. The van der Waals surface area contributed by atoms with E-state index in [2.05, 4.69) is 154 Å². The van der Waals surface area contributed by atoms with Gasteiger partial charge in [-0.3, -0.25) is 9.55 Å². The van der Waals surface area contributed by atoms with Crippen LogP contribution in [0.2, 0.25) is 0 Å². The Morgan fingerprint density at radius 3 is 1.85 bits per heavy atom. The van der Waals surface area contributed by atoms with Crippen LogP contribution in [0.5, 0.6) is 5.75 Å². The molecule has 0 radical (unpaired) electrons. The number of benzene rings is 8. The quantitative estimate of drug-likeness (QED) is 0.146. The minimum atomic E-state index is 0. The summed E-state index contributed by atoms with van der Waals surface area (Å²) in [5.41, 5.74) is 18.2. The Kier molecular flexibility index (Phi) is 10.5. The molecule has 328 valence electrons. The maximum atomic E-state index is 12.2. The Labute approximate surface area is 402 Å². The van der Waals surface area contributed by atoms with Crippen LogP contribution in [0.3, 0.4) is 0 Å². The molecule has 0 saturated carbocycles. The van der Waals surface area contributed by atoms with E-state index in [0.717, 1.165) is 83.2 Å². The molecule has 0 fully saturated rings. The molecule has 1 N–H and O–H groups in total. The average molecular weight is 1050 g/mol. The van der Waals surface area contributed by atoms with E-state index in [4.69, 9.17) is 18.8 Å². The van der Waals surface area contributed by atoms with Gasteiger partial charge in [-0.05, 0) is 99.3 Å². The van der Waals surface area contributed by atoms with Gasteiger partial charge in [0.1, 0.15) is 28.3 Å². The fourth-order valence-corrected chi connectivity index (χ4v) is 9.88. The van der Waals surface area contributed by atoms with Gasteiger partial charge < -0.3 is 13.9 Å². The van der Waals surface area contributed by atoms with Crippen molar-refractivity contribution in [3.8, 4) is 78.6 Å². The van der Waals surface area contributed by atoms with E-state index in [0.29, 0.717) is 40.2 Å². The second-order valence-electron chi connectivity index (χ2n) is 17.8. The first kappa shape index (κ1) is 42.1. The Hall–Kier alpha value is -7.53. The van der Waals surface area contributed by atoms with Crippen molar-refractivity contribution in [1.82, 2.24) is 14.5 Å². The van der Waals surface area contributed by atoms with Crippen molar-refractivity contribution in [1.29, 1.82) is 0 Å². The average Bonchev–Trinajstić information content (AvgIpc) is 4.06. The Morgan fingerprint density at radius 1 is 0.507 bits per heavy atom.